The molecule has 1 aromatic heterocycles. The number of methoxy groups -OCH3 is 1. The van der Waals surface area contributed by atoms with Crippen LogP contribution in [0.25, 0.3) is 17.4 Å². The van der Waals surface area contributed by atoms with Crippen LogP contribution in [0.15, 0.2) is 62.8 Å². The number of hydrogen-bond acceptors (Lipinski definition) is 6. The SMILES string of the molecule is COC(=O)c1cccc(-c2ccc(/C=C3/SC(=Nc4cccc(Cl)c4C)NC3=O)o2)c1C. The minimum absolute atomic E-state index is 0.254. The Labute approximate surface area is 194 Å². The van der Waals surface area contributed by atoms with E-state index in [9.17, 15) is 9.59 Å². The topological polar surface area (TPSA) is 80.9 Å². The van der Waals surface area contributed by atoms with Crippen LogP contribution < -0.4 is 5.32 Å². The molecule has 1 aliphatic heterocycles. The summed E-state index contributed by atoms with van der Waals surface area (Å²) in [5.74, 6) is 0.446. The normalized spacial score (nSPS) is 15.9. The molecule has 0 atom stereocenters. The van der Waals surface area contributed by atoms with Crippen LogP contribution in [-0.4, -0.2) is 24.2 Å². The fourth-order valence-electron chi connectivity index (χ4n) is 3.25. The van der Waals surface area contributed by atoms with E-state index in [4.69, 9.17) is 20.8 Å². The Balaban J connectivity index is 1.59. The van der Waals surface area contributed by atoms with E-state index >= 15 is 0 Å². The van der Waals surface area contributed by atoms with Crippen molar-refractivity contribution >= 4 is 52.2 Å². The van der Waals surface area contributed by atoms with E-state index in [0.717, 1.165) is 16.7 Å². The average Bonchev–Trinajstić information content (AvgIpc) is 3.37. The lowest BCUT2D eigenvalue weighted by Gasteiger charge is -2.07. The number of amides is 1. The molecular formula is C24H19ClN2O4S. The summed E-state index contributed by atoms with van der Waals surface area (Å²) in [5.41, 5.74) is 3.55. The average molecular weight is 467 g/mol. The highest BCUT2D eigenvalue weighted by molar-refractivity contribution is 8.18. The smallest absolute Gasteiger partial charge is 0.338 e. The molecule has 1 aliphatic rings. The second kappa shape index (κ2) is 9.06. The molecular weight excluding hydrogens is 448 g/mol. The van der Waals surface area contributed by atoms with Gasteiger partial charge in [-0.1, -0.05) is 29.8 Å². The summed E-state index contributed by atoms with van der Waals surface area (Å²) in [6.07, 6.45) is 1.66. The second-order valence-electron chi connectivity index (χ2n) is 7.04. The summed E-state index contributed by atoms with van der Waals surface area (Å²) in [4.78, 5) is 29.3. The number of rotatable bonds is 4. The van der Waals surface area contributed by atoms with Crippen molar-refractivity contribution in [2.75, 3.05) is 7.11 Å². The maximum Gasteiger partial charge on any atom is 0.338 e. The number of carbonyl (C=O) groups is 2. The molecule has 0 aliphatic carbocycles. The van der Waals surface area contributed by atoms with Gasteiger partial charge in [-0.3, -0.25) is 4.79 Å². The zero-order valence-electron chi connectivity index (χ0n) is 17.6. The number of ether oxygens (including phenoxy) is 1. The van der Waals surface area contributed by atoms with E-state index in [1.807, 2.05) is 32.0 Å². The van der Waals surface area contributed by atoms with Crippen LogP contribution in [0, 0.1) is 13.8 Å². The lowest BCUT2D eigenvalue weighted by molar-refractivity contribution is -0.115. The van der Waals surface area contributed by atoms with Gasteiger partial charge < -0.3 is 14.5 Å². The van der Waals surface area contributed by atoms with Crippen molar-refractivity contribution in [1.82, 2.24) is 5.32 Å². The van der Waals surface area contributed by atoms with Crippen LogP contribution in [0.5, 0.6) is 0 Å². The van der Waals surface area contributed by atoms with Gasteiger partial charge in [0.05, 0.1) is 23.3 Å². The number of halogens is 1. The van der Waals surface area contributed by atoms with Crippen LogP contribution in [0.1, 0.15) is 27.2 Å². The van der Waals surface area contributed by atoms with Crippen molar-refractivity contribution in [3.63, 3.8) is 0 Å². The number of thioether (sulfide) groups is 1. The molecule has 2 aromatic carbocycles. The number of carbonyl (C=O) groups excluding carboxylic acids is 2. The van der Waals surface area contributed by atoms with E-state index < -0.39 is 5.97 Å². The van der Waals surface area contributed by atoms with E-state index in [1.54, 1.807) is 36.4 Å². The minimum Gasteiger partial charge on any atom is -0.465 e. The van der Waals surface area contributed by atoms with Crippen LogP contribution in [0.3, 0.4) is 0 Å². The molecule has 1 amide bonds. The third-order valence-electron chi connectivity index (χ3n) is 5.02. The number of benzene rings is 2. The molecule has 32 heavy (non-hydrogen) atoms. The highest BCUT2D eigenvalue weighted by Gasteiger charge is 2.25. The number of nitrogens with zero attached hydrogens (tertiary/aromatic N) is 1. The molecule has 8 heteroatoms. The van der Waals surface area contributed by atoms with Crippen molar-refractivity contribution in [1.29, 1.82) is 0 Å². The Morgan fingerprint density at radius 2 is 1.91 bits per heavy atom. The minimum atomic E-state index is -0.404. The third kappa shape index (κ3) is 4.35. The van der Waals surface area contributed by atoms with Crippen molar-refractivity contribution in [2.45, 2.75) is 13.8 Å². The number of amidine groups is 1. The molecule has 1 N–H and O–H groups in total. The van der Waals surface area contributed by atoms with Gasteiger partial charge in [0.1, 0.15) is 11.5 Å². The molecule has 3 aromatic rings. The first kappa shape index (κ1) is 21.9. The Bertz CT molecular complexity index is 1290. The summed E-state index contributed by atoms with van der Waals surface area (Å²) >= 11 is 7.38. The van der Waals surface area contributed by atoms with Crippen molar-refractivity contribution in [3.05, 3.63) is 80.9 Å². The van der Waals surface area contributed by atoms with E-state index in [1.165, 1.54) is 18.9 Å². The fourth-order valence-corrected chi connectivity index (χ4v) is 4.23. The number of aliphatic imine (C=N–C) groups is 1. The fraction of sp³-hybridized carbons (Fsp3) is 0.125. The quantitative estimate of drug-likeness (QED) is 0.382. The third-order valence-corrected chi connectivity index (χ3v) is 6.34. The second-order valence-corrected chi connectivity index (χ2v) is 8.48. The van der Waals surface area contributed by atoms with Crippen LogP contribution in [0.4, 0.5) is 5.69 Å². The molecule has 0 spiro atoms. The van der Waals surface area contributed by atoms with Gasteiger partial charge in [0.2, 0.25) is 0 Å². The van der Waals surface area contributed by atoms with Gasteiger partial charge in [-0.05, 0) is 67.1 Å². The van der Waals surface area contributed by atoms with E-state index in [2.05, 4.69) is 10.3 Å². The molecule has 1 saturated heterocycles. The highest BCUT2D eigenvalue weighted by Crippen LogP contribution is 2.33. The Morgan fingerprint density at radius 3 is 2.69 bits per heavy atom. The Kier molecular flexibility index (Phi) is 6.21. The van der Waals surface area contributed by atoms with Gasteiger partial charge in [0, 0.05) is 16.7 Å². The van der Waals surface area contributed by atoms with Crippen LogP contribution in [0.2, 0.25) is 5.02 Å². The zero-order valence-corrected chi connectivity index (χ0v) is 19.1. The van der Waals surface area contributed by atoms with Gasteiger partial charge in [0.25, 0.3) is 5.91 Å². The lowest BCUT2D eigenvalue weighted by Crippen LogP contribution is -2.19. The highest BCUT2D eigenvalue weighted by atomic mass is 35.5. The molecule has 0 bridgehead atoms. The molecule has 162 valence electrons. The van der Waals surface area contributed by atoms with E-state index in [0.29, 0.717) is 37.9 Å². The van der Waals surface area contributed by atoms with Crippen molar-refractivity contribution < 1.29 is 18.7 Å². The zero-order chi connectivity index (χ0) is 22.8. The Hall–Kier alpha value is -3.29. The Morgan fingerprint density at radius 1 is 1.12 bits per heavy atom. The van der Waals surface area contributed by atoms with Gasteiger partial charge in [-0.2, -0.15) is 0 Å². The molecule has 0 radical (unpaired) electrons. The summed E-state index contributed by atoms with van der Waals surface area (Å²) in [7, 11) is 1.35. The molecule has 0 unspecified atom stereocenters. The number of nitrogens with one attached hydrogen (secondary N) is 1. The lowest BCUT2D eigenvalue weighted by atomic mass is 10.0. The number of furan rings is 1. The maximum absolute atomic E-state index is 12.4. The van der Waals surface area contributed by atoms with Gasteiger partial charge in [-0.25, -0.2) is 9.79 Å². The van der Waals surface area contributed by atoms with E-state index in [-0.39, 0.29) is 5.91 Å². The predicted octanol–water partition coefficient (Wildman–Crippen LogP) is 5.90. The summed E-state index contributed by atoms with van der Waals surface area (Å²) in [6.45, 7) is 3.71. The standard InChI is InChI=1S/C24H19ClN2O4S/c1-13-16(6-4-7-17(13)23(29)30-3)20-11-10-15(31-20)12-21-22(28)27-24(32-21)26-19-9-5-8-18(25)14(19)2/h4-12H,1-3H3,(H,26,27,28)/b21-12+. The number of hydrogen-bond donors (Lipinski definition) is 1. The molecule has 4 rings (SSSR count). The first-order chi connectivity index (χ1) is 15.4. The summed E-state index contributed by atoms with van der Waals surface area (Å²) in [6, 6.07) is 14.4. The molecule has 6 nitrogen and oxygen atoms in total. The van der Waals surface area contributed by atoms with Crippen LogP contribution in [-0.2, 0) is 9.53 Å². The molecule has 1 fully saturated rings. The molecule has 0 saturated carbocycles. The van der Waals surface area contributed by atoms with Gasteiger partial charge in [0.15, 0.2) is 5.17 Å². The monoisotopic (exact) mass is 466 g/mol. The first-order valence-electron chi connectivity index (χ1n) is 9.70. The van der Waals surface area contributed by atoms with Crippen LogP contribution >= 0.6 is 23.4 Å². The predicted molar refractivity (Wildman–Crippen MR) is 127 cm³/mol. The number of esters is 1. The van der Waals surface area contributed by atoms with Gasteiger partial charge in [-0.15, -0.1) is 0 Å². The maximum atomic E-state index is 12.4. The van der Waals surface area contributed by atoms with Gasteiger partial charge >= 0.3 is 5.97 Å². The first-order valence-corrected chi connectivity index (χ1v) is 10.9. The summed E-state index contributed by atoms with van der Waals surface area (Å²) in [5, 5.41) is 3.85. The summed E-state index contributed by atoms with van der Waals surface area (Å²) < 4.78 is 10.8. The van der Waals surface area contributed by atoms with Crippen molar-refractivity contribution in [2.24, 2.45) is 4.99 Å². The largest absolute Gasteiger partial charge is 0.465 e. The van der Waals surface area contributed by atoms with Crippen molar-refractivity contribution in [3.8, 4) is 11.3 Å². The molecule has 2 heterocycles.